The molecule has 0 aromatic carbocycles. The Hall–Kier alpha value is -1.58. The van der Waals surface area contributed by atoms with E-state index in [2.05, 4.69) is 26.1 Å². The molecular weight excluding hydrogens is 128 g/mol. The quantitative estimate of drug-likeness (QED) is 0.513. The van der Waals surface area contributed by atoms with E-state index in [1.165, 1.54) is 12.5 Å². The topological polar surface area (TPSA) is 51.6 Å². The number of fused-ring (bicyclic) bond motifs is 1. The lowest BCUT2D eigenvalue weighted by Gasteiger charge is -1.88. The second-order valence-corrected chi connectivity index (χ2v) is 1.73. The van der Waals surface area contributed by atoms with E-state index < -0.39 is 0 Å². The first-order valence-electron chi connectivity index (χ1n) is 2.75. The van der Waals surface area contributed by atoms with Gasteiger partial charge in [0.25, 0.3) is 0 Å². The van der Waals surface area contributed by atoms with E-state index >= 15 is 0 Å². The minimum atomic E-state index is 0.605. The summed E-state index contributed by atoms with van der Waals surface area (Å²) in [5.41, 5.74) is 1.28. The van der Waals surface area contributed by atoms with E-state index in [9.17, 15) is 0 Å². The predicted molar refractivity (Wildman–Crippen MR) is 34.0 cm³/mol. The van der Waals surface area contributed by atoms with Crippen molar-refractivity contribution in [3.8, 4) is 0 Å². The number of rotatable bonds is 0. The van der Waals surface area contributed by atoms with E-state index in [1.807, 2.05) is 0 Å². The van der Waals surface area contributed by atoms with Crippen LogP contribution in [-0.2, 0) is 0 Å². The second kappa shape index (κ2) is 1.98. The summed E-state index contributed by atoms with van der Waals surface area (Å²) in [7, 11) is 0. The first kappa shape index (κ1) is 5.22. The van der Waals surface area contributed by atoms with Crippen molar-refractivity contribution < 1.29 is 0 Å². The minimum Gasteiger partial charge on any atom is -0.242 e. The van der Waals surface area contributed by atoms with Gasteiger partial charge in [0.1, 0.15) is 18.0 Å². The molecule has 0 unspecified atom stereocenters. The SMILES string of the molecule is [c]1cnc2ncncc2n1. The summed E-state index contributed by atoms with van der Waals surface area (Å²) in [6.45, 7) is 0. The average molecular weight is 131 g/mol. The van der Waals surface area contributed by atoms with Crippen molar-refractivity contribution in [2.24, 2.45) is 0 Å². The first-order chi connectivity index (χ1) is 4.97. The van der Waals surface area contributed by atoms with E-state index in [4.69, 9.17) is 0 Å². The third kappa shape index (κ3) is 0.699. The Balaban J connectivity index is 2.89. The molecule has 2 heterocycles. The van der Waals surface area contributed by atoms with Gasteiger partial charge in [-0.25, -0.2) is 19.9 Å². The molecule has 47 valence electrons. The van der Waals surface area contributed by atoms with Crippen molar-refractivity contribution in [2.45, 2.75) is 0 Å². The number of aromatic nitrogens is 4. The zero-order valence-corrected chi connectivity index (χ0v) is 5.02. The molecule has 0 spiro atoms. The summed E-state index contributed by atoms with van der Waals surface area (Å²) in [5, 5.41) is 0. The molecule has 2 aromatic rings. The molecule has 0 atom stereocenters. The molecule has 2 rings (SSSR count). The Morgan fingerprint density at radius 3 is 3.20 bits per heavy atom. The summed E-state index contributed by atoms with van der Waals surface area (Å²) in [6, 6.07) is 0. The van der Waals surface area contributed by atoms with Crippen LogP contribution in [0.3, 0.4) is 0 Å². The largest absolute Gasteiger partial charge is 0.242 e. The maximum atomic E-state index is 3.91. The zero-order valence-electron chi connectivity index (χ0n) is 5.02. The molecule has 2 aromatic heterocycles. The Morgan fingerprint density at radius 2 is 2.30 bits per heavy atom. The van der Waals surface area contributed by atoms with Gasteiger partial charge in [-0.2, -0.15) is 0 Å². The molecule has 0 saturated carbocycles. The Kier molecular flexibility index (Phi) is 1.04. The van der Waals surface area contributed by atoms with Gasteiger partial charge in [-0.15, -0.1) is 0 Å². The lowest BCUT2D eigenvalue weighted by molar-refractivity contribution is 1.14. The fourth-order valence-corrected chi connectivity index (χ4v) is 0.683. The Labute approximate surface area is 57.0 Å². The van der Waals surface area contributed by atoms with Crippen molar-refractivity contribution in [1.29, 1.82) is 0 Å². The molecule has 0 N–H and O–H groups in total. The molecule has 4 nitrogen and oxygen atoms in total. The van der Waals surface area contributed by atoms with E-state index in [-0.39, 0.29) is 0 Å². The van der Waals surface area contributed by atoms with Crippen LogP contribution in [0.2, 0.25) is 0 Å². The highest BCUT2D eigenvalue weighted by Crippen LogP contribution is 1.97. The van der Waals surface area contributed by atoms with Crippen LogP contribution in [0, 0.1) is 6.20 Å². The van der Waals surface area contributed by atoms with Crippen LogP contribution in [0.5, 0.6) is 0 Å². The highest BCUT2D eigenvalue weighted by molar-refractivity contribution is 5.66. The van der Waals surface area contributed by atoms with Gasteiger partial charge in [0.2, 0.25) is 0 Å². The molecule has 0 bridgehead atoms. The number of hydrogen-bond donors (Lipinski definition) is 0. The molecule has 0 amide bonds. The van der Waals surface area contributed by atoms with Crippen LogP contribution in [0.15, 0.2) is 18.7 Å². The van der Waals surface area contributed by atoms with Crippen molar-refractivity contribution in [3.63, 3.8) is 0 Å². The summed E-state index contributed by atoms with van der Waals surface area (Å²) in [5.74, 6) is 0. The standard InChI is InChI=1S/C6H3N4/c1-2-9-6-5(8-1)3-7-4-10-6/h2-4H. The van der Waals surface area contributed by atoms with Crippen LogP contribution >= 0.6 is 0 Å². The smallest absolute Gasteiger partial charge is 0.181 e. The first-order valence-corrected chi connectivity index (χ1v) is 2.75. The summed E-state index contributed by atoms with van der Waals surface area (Å²) in [4.78, 5) is 15.4. The zero-order chi connectivity index (χ0) is 6.81. The monoisotopic (exact) mass is 131 g/mol. The van der Waals surface area contributed by atoms with Gasteiger partial charge in [0, 0.05) is 0 Å². The molecule has 10 heavy (non-hydrogen) atoms. The molecule has 0 saturated heterocycles. The maximum Gasteiger partial charge on any atom is 0.181 e. The Bertz CT molecular complexity index is 281. The predicted octanol–water partition coefficient (Wildman–Crippen LogP) is 0.220. The summed E-state index contributed by atoms with van der Waals surface area (Å²) in [6.07, 6.45) is 7.12. The molecule has 0 aliphatic rings. The molecule has 0 aliphatic carbocycles. The molecule has 4 heteroatoms. The maximum absolute atomic E-state index is 3.91. The van der Waals surface area contributed by atoms with Gasteiger partial charge < -0.3 is 0 Å². The van der Waals surface area contributed by atoms with Gasteiger partial charge in [-0.05, 0) is 0 Å². The minimum absolute atomic E-state index is 0.605. The van der Waals surface area contributed by atoms with E-state index in [1.54, 1.807) is 6.20 Å². The second-order valence-electron chi connectivity index (χ2n) is 1.73. The Morgan fingerprint density at radius 1 is 1.30 bits per heavy atom. The molecule has 1 radical (unpaired) electrons. The summed E-state index contributed by atoms with van der Waals surface area (Å²) >= 11 is 0. The fourth-order valence-electron chi connectivity index (χ4n) is 0.683. The van der Waals surface area contributed by atoms with Crippen molar-refractivity contribution in [2.75, 3.05) is 0 Å². The van der Waals surface area contributed by atoms with Crippen LogP contribution in [0.1, 0.15) is 0 Å². The van der Waals surface area contributed by atoms with Crippen LogP contribution in [0.4, 0.5) is 0 Å². The van der Waals surface area contributed by atoms with Gasteiger partial charge in [0.15, 0.2) is 5.65 Å². The number of nitrogens with zero attached hydrogens (tertiary/aromatic N) is 4. The molecule has 0 aliphatic heterocycles. The lowest BCUT2D eigenvalue weighted by atomic mass is 10.5. The van der Waals surface area contributed by atoms with Gasteiger partial charge in [-0.3, -0.25) is 0 Å². The van der Waals surface area contributed by atoms with Crippen molar-refractivity contribution >= 4 is 11.2 Å². The molecule has 0 fully saturated rings. The average Bonchev–Trinajstić information content (AvgIpc) is 2.05. The van der Waals surface area contributed by atoms with Crippen LogP contribution < -0.4 is 0 Å². The fraction of sp³-hybridized carbons (Fsp3) is 0. The normalized spacial score (nSPS) is 10.0. The highest BCUT2D eigenvalue weighted by Gasteiger charge is 1.91. The van der Waals surface area contributed by atoms with Crippen LogP contribution in [-0.4, -0.2) is 19.9 Å². The molecular formula is C6H3N4. The van der Waals surface area contributed by atoms with Crippen molar-refractivity contribution in [3.05, 3.63) is 24.9 Å². The lowest BCUT2D eigenvalue weighted by Crippen LogP contribution is -1.86. The van der Waals surface area contributed by atoms with E-state index in [0.717, 1.165) is 0 Å². The highest BCUT2D eigenvalue weighted by atomic mass is 14.9. The van der Waals surface area contributed by atoms with Crippen LogP contribution in [0.25, 0.3) is 11.2 Å². The third-order valence-electron chi connectivity index (χ3n) is 1.10. The van der Waals surface area contributed by atoms with Gasteiger partial charge in [-0.1, -0.05) is 0 Å². The van der Waals surface area contributed by atoms with Gasteiger partial charge in [0.05, 0.1) is 12.4 Å². The third-order valence-corrected chi connectivity index (χ3v) is 1.10. The summed E-state index contributed by atoms with van der Waals surface area (Å²) < 4.78 is 0. The number of hydrogen-bond acceptors (Lipinski definition) is 4. The van der Waals surface area contributed by atoms with Gasteiger partial charge >= 0.3 is 0 Å². The van der Waals surface area contributed by atoms with Crippen molar-refractivity contribution in [1.82, 2.24) is 19.9 Å². The van der Waals surface area contributed by atoms with E-state index in [0.29, 0.717) is 11.2 Å².